The van der Waals surface area contributed by atoms with Crippen molar-refractivity contribution in [3.63, 3.8) is 0 Å². The van der Waals surface area contributed by atoms with E-state index in [-0.39, 0.29) is 5.92 Å². The van der Waals surface area contributed by atoms with Crippen molar-refractivity contribution in [2.24, 2.45) is 11.7 Å². The summed E-state index contributed by atoms with van der Waals surface area (Å²) in [4.78, 5) is 0. The lowest BCUT2D eigenvalue weighted by Gasteiger charge is -2.18. The van der Waals surface area contributed by atoms with E-state index < -0.39 is 6.10 Å². The highest BCUT2D eigenvalue weighted by molar-refractivity contribution is 9.11. The molecule has 0 aliphatic carbocycles. The summed E-state index contributed by atoms with van der Waals surface area (Å²) < 4.78 is 1.87. The zero-order valence-electron chi connectivity index (χ0n) is 7.87. The third kappa shape index (κ3) is 2.79. The van der Waals surface area contributed by atoms with E-state index in [0.717, 1.165) is 14.5 Å². The molecule has 0 bridgehead atoms. The smallest absolute Gasteiger partial charge is 0.0838 e. The van der Waals surface area contributed by atoms with Gasteiger partial charge in [0.2, 0.25) is 0 Å². The summed E-state index contributed by atoms with van der Waals surface area (Å²) in [5, 5.41) is 9.96. The van der Waals surface area contributed by atoms with Gasteiger partial charge in [-0.05, 0) is 36.2 Å². The molecule has 0 fully saturated rings. The minimum atomic E-state index is -0.521. The van der Waals surface area contributed by atoms with Crippen LogP contribution in [0.2, 0.25) is 0 Å². The molecule has 0 aliphatic heterocycles. The van der Waals surface area contributed by atoms with Gasteiger partial charge in [-0.15, -0.1) is 0 Å². The summed E-state index contributed by atoms with van der Waals surface area (Å²) in [5.74, 6) is 0.0561. The van der Waals surface area contributed by atoms with Crippen molar-refractivity contribution >= 4 is 31.9 Å². The second-order valence-corrected chi connectivity index (χ2v) is 5.09. The molecule has 0 spiro atoms. The van der Waals surface area contributed by atoms with Gasteiger partial charge in [0.25, 0.3) is 0 Å². The molecule has 0 aliphatic rings. The molecule has 2 atom stereocenters. The fourth-order valence-electron chi connectivity index (χ4n) is 1.18. The maximum atomic E-state index is 9.96. The van der Waals surface area contributed by atoms with Crippen molar-refractivity contribution in [1.29, 1.82) is 0 Å². The van der Waals surface area contributed by atoms with Gasteiger partial charge in [0.1, 0.15) is 0 Å². The number of nitrogens with two attached hydrogens (primary N) is 1. The molecular weight excluding hydrogens is 310 g/mol. The van der Waals surface area contributed by atoms with E-state index in [1.165, 1.54) is 0 Å². The van der Waals surface area contributed by atoms with Gasteiger partial charge < -0.3 is 10.8 Å². The zero-order valence-corrected chi connectivity index (χ0v) is 11.0. The quantitative estimate of drug-likeness (QED) is 0.899. The van der Waals surface area contributed by atoms with Crippen molar-refractivity contribution in [2.45, 2.75) is 13.0 Å². The van der Waals surface area contributed by atoms with Gasteiger partial charge in [-0.1, -0.05) is 38.8 Å². The van der Waals surface area contributed by atoms with Gasteiger partial charge in [0.05, 0.1) is 6.10 Å². The first kappa shape index (κ1) is 12.2. The first-order valence-electron chi connectivity index (χ1n) is 4.39. The van der Waals surface area contributed by atoms with Crippen LogP contribution < -0.4 is 5.73 Å². The molecule has 78 valence electrons. The molecule has 2 unspecified atom stereocenters. The summed E-state index contributed by atoms with van der Waals surface area (Å²) in [5.41, 5.74) is 6.38. The van der Waals surface area contributed by atoms with Crippen molar-refractivity contribution in [2.75, 3.05) is 6.54 Å². The number of benzene rings is 1. The van der Waals surface area contributed by atoms with Crippen LogP contribution in [0, 0.1) is 5.92 Å². The third-order valence-electron chi connectivity index (χ3n) is 2.19. The van der Waals surface area contributed by atoms with Gasteiger partial charge in [0, 0.05) is 8.95 Å². The highest BCUT2D eigenvalue weighted by atomic mass is 79.9. The molecule has 0 saturated carbocycles. The molecule has 3 N–H and O–H groups in total. The Bertz CT molecular complexity index is 317. The summed E-state index contributed by atoms with van der Waals surface area (Å²) in [6, 6.07) is 5.74. The molecular formula is C10H13Br2NO. The maximum Gasteiger partial charge on any atom is 0.0838 e. The second kappa shape index (κ2) is 5.26. The van der Waals surface area contributed by atoms with Crippen LogP contribution in [0.15, 0.2) is 27.1 Å². The lowest BCUT2D eigenvalue weighted by atomic mass is 9.98. The first-order valence-corrected chi connectivity index (χ1v) is 5.98. The Morgan fingerprint density at radius 1 is 1.43 bits per heavy atom. The largest absolute Gasteiger partial charge is 0.388 e. The van der Waals surface area contributed by atoms with Crippen LogP contribution in [0.3, 0.4) is 0 Å². The lowest BCUT2D eigenvalue weighted by Crippen LogP contribution is -2.19. The number of hydrogen-bond donors (Lipinski definition) is 2. The monoisotopic (exact) mass is 321 g/mol. The molecule has 0 aromatic heterocycles. The van der Waals surface area contributed by atoms with E-state index in [1.54, 1.807) is 0 Å². The molecule has 4 heteroatoms. The standard InChI is InChI=1S/C10H13Br2NO/c1-6(5-13)10(14)8-4-7(11)2-3-9(8)12/h2-4,6,10,14H,5,13H2,1H3. The van der Waals surface area contributed by atoms with E-state index in [0.29, 0.717) is 6.54 Å². The minimum absolute atomic E-state index is 0.0561. The molecule has 0 amide bonds. The van der Waals surface area contributed by atoms with Crippen LogP contribution in [0.5, 0.6) is 0 Å². The van der Waals surface area contributed by atoms with Gasteiger partial charge in [0.15, 0.2) is 0 Å². The predicted molar refractivity (Wildman–Crippen MR) is 65.0 cm³/mol. The summed E-state index contributed by atoms with van der Waals surface area (Å²) >= 11 is 6.78. The van der Waals surface area contributed by atoms with Crippen LogP contribution in [0.1, 0.15) is 18.6 Å². The van der Waals surface area contributed by atoms with Crippen molar-refractivity contribution < 1.29 is 5.11 Å². The van der Waals surface area contributed by atoms with E-state index >= 15 is 0 Å². The van der Waals surface area contributed by atoms with Crippen molar-refractivity contribution in [3.05, 3.63) is 32.7 Å². The zero-order chi connectivity index (χ0) is 10.7. The number of rotatable bonds is 3. The van der Waals surface area contributed by atoms with Crippen LogP contribution in [0.25, 0.3) is 0 Å². The number of hydrogen-bond acceptors (Lipinski definition) is 2. The second-order valence-electron chi connectivity index (χ2n) is 3.32. The highest BCUT2D eigenvalue weighted by Gasteiger charge is 2.17. The minimum Gasteiger partial charge on any atom is -0.388 e. The predicted octanol–water partition coefficient (Wildman–Crippen LogP) is 2.84. The Kier molecular flexibility index (Phi) is 4.57. The summed E-state index contributed by atoms with van der Waals surface area (Å²) in [7, 11) is 0. The first-order chi connectivity index (χ1) is 6.56. The van der Waals surface area contributed by atoms with E-state index in [2.05, 4.69) is 31.9 Å². The number of aliphatic hydroxyl groups excluding tert-OH is 1. The van der Waals surface area contributed by atoms with Crippen molar-refractivity contribution in [3.8, 4) is 0 Å². The van der Waals surface area contributed by atoms with Gasteiger partial charge in [-0.25, -0.2) is 0 Å². The van der Waals surface area contributed by atoms with Crippen LogP contribution in [0.4, 0.5) is 0 Å². The number of aliphatic hydroxyl groups is 1. The Morgan fingerprint density at radius 2 is 2.07 bits per heavy atom. The molecule has 1 aromatic rings. The van der Waals surface area contributed by atoms with Crippen LogP contribution in [-0.4, -0.2) is 11.7 Å². The normalized spacial score (nSPS) is 15.2. The van der Waals surface area contributed by atoms with Gasteiger partial charge in [-0.2, -0.15) is 0 Å². The van der Waals surface area contributed by atoms with E-state index in [1.807, 2.05) is 25.1 Å². The van der Waals surface area contributed by atoms with E-state index in [9.17, 15) is 5.11 Å². The molecule has 14 heavy (non-hydrogen) atoms. The maximum absolute atomic E-state index is 9.96. The molecule has 2 nitrogen and oxygen atoms in total. The van der Waals surface area contributed by atoms with Gasteiger partial charge >= 0.3 is 0 Å². The van der Waals surface area contributed by atoms with Crippen LogP contribution in [-0.2, 0) is 0 Å². The molecule has 0 heterocycles. The SMILES string of the molecule is CC(CN)C(O)c1cc(Br)ccc1Br. The average molecular weight is 323 g/mol. The third-order valence-corrected chi connectivity index (χ3v) is 3.40. The van der Waals surface area contributed by atoms with E-state index in [4.69, 9.17) is 5.73 Å². The van der Waals surface area contributed by atoms with Crippen molar-refractivity contribution in [1.82, 2.24) is 0 Å². The average Bonchev–Trinajstić information content (AvgIpc) is 2.19. The molecule has 1 aromatic carbocycles. The van der Waals surface area contributed by atoms with Gasteiger partial charge in [-0.3, -0.25) is 0 Å². The Hall–Kier alpha value is 0.1000. The molecule has 0 saturated heterocycles. The molecule has 1 rings (SSSR count). The Labute approximate surface area is 101 Å². The Balaban J connectivity index is 2.99. The fourth-order valence-corrected chi connectivity index (χ4v) is 2.04. The fraction of sp³-hybridized carbons (Fsp3) is 0.400. The summed E-state index contributed by atoms with van der Waals surface area (Å²) in [6.07, 6.45) is -0.521. The Morgan fingerprint density at radius 3 is 2.64 bits per heavy atom. The topological polar surface area (TPSA) is 46.2 Å². The molecule has 0 radical (unpaired) electrons. The summed E-state index contributed by atoms with van der Waals surface area (Å²) in [6.45, 7) is 2.40. The van der Waals surface area contributed by atoms with Crippen LogP contribution >= 0.6 is 31.9 Å². The number of halogens is 2. The lowest BCUT2D eigenvalue weighted by molar-refractivity contribution is 0.121. The highest BCUT2D eigenvalue weighted by Crippen LogP contribution is 2.30.